The Kier molecular flexibility index (Phi) is 2.53. The molecule has 0 spiro atoms. The molecule has 1 heterocycles. The Hall–Kier alpha value is -1.52. The van der Waals surface area contributed by atoms with Crippen molar-refractivity contribution in [2.45, 2.75) is 6.42 Å². The monoisotopic (exact) mass is 328 g/mol. The average Bonchev–Trinajstić information content (AvgIpc) is 3.06. The van der Waals surface area contributed by atoms with E-state index in [1.165, 1.54) is 34.0 Å². The van der Waals surface area contributed by atoms with E-state index >= 15 is 0 Å². The molecule has 19 heavy (non-hydrogen) atoms. The standard InChI is InChI=1S/C15H9BrN2S/c16-13-8-7-12(14-15(13)18-19-17-14)11-6-5-9-3-1-2-4-10(9)11/h1-4,6-8H,5H2. The van der Waals surface area contributed by atoms with Gasteiger partial charge < -0.3 is 0 Å². The predicted octanol–water partition coefficient (Wildman–Crippen LogP) is 4.44. The van der Waals surface area contributed by atoms with E-state index in [1.807, 2.05) is 0 Å². The van der Waals surface area contributed by atoms with E-state index in [4.69, 9.17) is 0 Å². The maximum Gasteiger partial charge on any atom is 0.119 e. The molecule has 0 saturated carbocycles. The number of hydrogen-bond acceptors (Lipinski definition) is 3. The Balaban J connectivity index is 1.98. The quantitative estimate of drug-likeness (QED) is 0.659. The zero-order valence-electron chi connectivity index (χ0n) is 9.93. The molecule has 92 valence electrons. The first-order valence-corrected chi connectivity index (χ1v) is 7.56. The van der Waals surface area contributed by atoms with Crippen LogP contribution in [0, 0.1) is 0 Å². The molecule has 1 aromatic heterocycles. The minimum Gasteiger partial charge on any atom is -0.172 e. The van der Waals surface area contributed by atoms with Crippen LogP contribution in [0.2, 0.25) is 0 Å². The lowest BCUT2D eigenvalue weighted by molar-refractivity contribution is 1.31. The molecule has 2 aromatic carbocycles. The molecule has 0 bridgehead atoms. The second kappa shape index (κ2) is 4.25. The SMILES string of the molecule is Brc1ccc(C2=CCc3ccccc32)c2nsnc12. The summed E-state index contributed by atoms with van der Waals surface area (Å²) in [6, 6.07) is 12.7. The van der Waals surface area contributed by atoms with E-state index < -0.39 is 0 Å². The van der Waals surface area contributed by atoms with Crippen molar-refractivity contribution < 1.29 is 0 Å². The lowest BCUT2D eigenvalue weighted by Gasteiger charge is -2.07. The highest BCUT2D eigenvalue weighted by atomic mass is 79.9. The fraction of sp³-hybridized carbons (Fsp3) is 0.0667. The number of nitrogens with zero attached hydrogens (tertiary/aromatic N) is 2. The van der Waals surface area contributed by atoms with Gasteiger partial charge in [0.05, 0.1) is 11.7 Å². The van der Waals surface area contributed by atoms with Crippen molar-refractivity contribution in [1.29, 1.82) is 0 Å². The minimum atomic E-state index is 0.952. The maximum absolute atomic E-state index is 4.46. The molecule has 4 heteroatoms. The normalized spacial score (nSPS) is 13.6. The van der Waals surface area contributed by atoms with Crippen LogP contribution in [0.25, 0.3) is 16.6 Å². The summed E-state index contributed by atoms with van der Waals surface area (Å²) in [6.45, 7) is 0. The number of halogens is 1. The molecule has 0 amide bonds. The summed E-state index contributed by atoms with van der Waals surface area (Å²) in [5.74, 6) is 0. The average molecular weight is 329 g/mol. The second-order valence-corrected chi connectivity index (χ2v) is 5.92. The smallest absolute Gasteiger partial charge is 0.119 e. The molecular formula is C15H9BrN2S. The van der Waals surface area contributed by atoms with Crippen LogP contribution in [0.4, 0.5) is 0 Å². The summed E-state index contributed by atoms with van der Waals surface area (Å²) in [5.41, 5.74) is 7.10. The summed E-state index contributed by atoms with van der Waals surface area (Å²) < 4.78 is 9.83. The summed E-state index contributed by atoms with van der Waals surface area (Å²) in [6.07, 6.45) is 3.29. The van der Waals surface area contributed by atoms with Gasteiger partial charge in [-0.05, 0) is 45.1 Å². The predicted molar refractivity (Wildman–Crippen MR) is 82.3 cm³/mol. The van der Waals surface area contributed by atoms with Gasteiger partial charge in [0.1, 0.15) is 11.0 Å². The van der Waals surface area contributed by atoms with Crippen LogP contribution in [-0.4, -0.2) is 8.75 Å². The number of allylic oxidation sites excluding steroid dienone is 1. The van der Waals surface area contributed by atoms with Crippen LogP contribution >= 0.6 is 27.7 Å². The molecule has 0 aliphatic heterocycles. The topological polar surface area (TPSA) is 25.8 Å². The van der Waals surface area contributed by atoms with E-state index in [0.29, 0.717) is 0 Å². The van der Waals surface area contributed by atoms with Crippen LogP contribution in [-0.2, 0) is 6.42 Å². The van der Waals surface area contributed by atoms with E-state index in [-0.39, 0.29) is 0 Å². The van der Waals surface area contributed by atoms with Crippen molar-refractivity contribution in [2.75, 3.05) is 0 Å². The van der Waals surface area contributed by atoms with Crippen LogP contribution in [0.3, 0.4) is 0 Å². The van der Waals surface area contributed by atoms with Crippen LogP contribution < -0.4 is 0 Å². The highest BCUT2D eigenvalue weighted by molar-refractivity contribution is 9.10. The highest BCUT2D eigenvalue weighted by Gasteiger charge is 2.19. The fourth-order valence-electron chi connectivity index (χ4n) is 2.59. The number of aromatic nitrogens is 2. The minimum absolute atomic E-state index is 0.952. The summed E-state index contributed by atoms with van der Waals surface area (Å²) in [7, 11) is 0. The van der Waals surface area contributed by atoms with Crippen molar-refractivity contribution in [1.82, 2.24) is 8.75 Å². The molecule has 0 saturated heterocycles. The van der Waals surface area contributed by atoms with Crippen LogP contribution in [0.5, 0.6) is 0 Å². The second-order valence-electron chi connectivity index (χ2n) is 4.54. The van der Waals surface area contributed by atoms with Gasteiger partial charge in [0.2, 0.25) is 0 Å². The first-order chi connectivity index (χ1) is 9.34. The Labute approximate surface area is 123 Å². The third kappa shape index (κ3) is 1.67. The van der Waals surface area contributed by atoms with E-state index in [2.05, 4.69) is 67.2 Å². The molecule has 4 rings (SSSR count). The van der Waals surface area contributed by atoms with Gasteiger partial charge in [0.25, 0.3) is 0 Å². The molecular weight excluding hydrogens is 320 g/mol. The number of benzene rings is 2. The Morgan fingerprint density at radius 3 is 2.74 bits per heavy atom. The Morgan fingerprint density at radius 2 is 1.79 bits per heavy atom. The Morgan fingerprint density at radius 1 is 0.947 bits per heavy atom. The summed E-state index contributed by atoms with van der Waals surface area (Å²) in [4.78, 5) is 0. The van der Waals surface area contributed by atoms with E-state index in [9.17, 15) is 0 Å². The fourth-order valence-corrected chi connectivity index (χ4v) is 3.69. The molecule has 0 fully saturated rings. The van der Waals surface area contributed by atoms with Gasteiger partial charge >= 0.3 is 0 Å². The third-order valence-electron chi connectivity index (χ3n) is 3.49. The van der Waals surface area contributed by atoms with Crippen molar-refractivity contribution in [2.24, 2.45) is 0 Å². The van der Waals surface area contributed by atoms with Crippen molar-refractivity contribution in [3.63, 3.8) is 0 Å². The van der Waals surface area contributed by atoms with Gasteiger partial charge in [-0.1, -0.05) is 36.4 Å². The number of hydrogen-bond donors (Lipinski definition) is 0. The zero-order valence-corrected chi connectivity index (χ0v) is 12.3. The lowest BCUT2D eigenvalue weighted by Crippen LogP contribution is -1.89. The zero-order chi connectivity index (χ0) is 12.8. The van der Waals surface area contributed by atoms with Crippen molar-refractivity contribution in [3.05, 3.63) is 63.6 Å². The van der Waals surface area contributed by atoms with Crippen molar-refractivity contribution in [3.8, 4) is 0 Å². The first kappa shape index (κ1) is 11.3. The van der Waals surface area contributed by atoms with Crippen LogP contribution in [0.1, 0.15) is 16.7 Å². The molecule has 3 aromatic rings. The van der Waals surface area contributed by atoms with Crippen molar-refractivity contribution >= 4 is 44.3 Å². The van der Waals surface area contributed by atoms with E-state index in [1.54, 1.807) is 0 Å². The highest BCUT2D eigenvalue weighted by Crippen LogP contribution is 2.37. The maximum atomic E-state index is 4.46. The molecule has 0 N–H and O–H groups in total. The molecule has 0 unspecified atom stereocenters. The van der Waals surface area contributed by atoms with Gasteiger partial charge in [-0.2, -0.15) is 8.75 Å². The summed E-state index contributed by atoms with van der Waals surface area (Å²) in [5, 5.41) is 0. The van der Waals surface area contributed by atoms with Crippen LogP contribution in [0.15, 0.2) is 46.9 Å². The first-order valence-electron chi connectivity index (χ1n) is 6.04. The van der Waals surface area contributed by atoms with Gasteiger partial charge in [-0.3, -0.25) is 0 Å². The van der Waals surface area contributed by atoms with Gasteiger partial charge in [0, 0.05) is 10.0 Å². The molecule has 0 radical (unpaired) electrons. The Bertz CT molecular complexity index is 820. The number of fused-ring (bicyclic) bond motifs is 2. The largest absolute Gasteiger partial charge is 0.172 e. The molecule has 0 atom stereocenters. The van der Waals surface area contributed by atoms with Gasteiger partial charge in [-0.25, -0.2) is 0 Å². The summed E-state index contributed by atoms with van der Waals surface area (Å²) >= 11 is 4.80. The molecule has 1 aliphatic carbocycles. The molecule has 1 aliphatic rings. The number of rotatable bonds is 1. The third-order valence-corrected chi connectivity index (χ3v) is 4.66. The van der Waals surface area contributed by atoms with E-state index in [0.717, 1.165) is 21.9 Å². The lowest BCUT2D eigenvalue weighted by atomic mass is 9.98. The van der Waals surface area contributed by atoms with Gasteiger partial charge in [0.15, 0.2) is 0 Å². The van der Waals surface area contributed by atoms with Gasteiger partial charge in [-0.15, -0.1) is 0 Å². The molecule has 2 nitrogen and oxygen atoms in total.